The van der Waals surface area contributed by atoms with Gasteiger partial charge in [-0.05, 0) is 55.2 Å². The normalized spacial score (nSPS) is 24.3. The SMILES string of the molecule is CCC(c1ccc(SC)cc1)C1CN[C@H](C(=O)O)C1. The number of nitrogens with one attached hydrogen (secondary N) is 1. The van der Waals surface area contributed by atoms with E-state index in [-0.39, 0.29) is 6.04 Å². The smallest absolute Gasteiger partial charge is 0.320 e. The largest absolute Gasteiger partial charge is 0.480 e. The van der Waals surface area contributed by atoms with Gasteiger partial charge < -0.3 is 10.4 Å². The fourth-order valence-corrected chi connectivity index (χ4v) is 3.36. The minimum Gasteiger partial charge on any atom is -0.480 e. The number of benzene rings is 1. The first-order valence-corrected chi connectivity index (χ1v) is 7.98. The van der Waals surface area contributed by atoms with Crippen LogP contribution in [0.1, 0.15) is 31.2 Å². The molecule has 0 aliphatic carbocycles. The van der Waals surface area contributed by atoms with E-state index >= 15 is 0 Å². The highest BCUT2D eigenvalue weighted by Crippen LogP contribution is 2.34. The van der Waals surface area contributed by atoms with Crippen LogP contribution in [0.3, 0.4) is 0 Å². The molecule has 3 atom stereocenters. The van der Waals surface area contributed by atoms with Gasteiger partial charge in [-0.15, -0.1) is 11.8 Å². The summed E-state index contributed by atoms with van der Waals surface area (Å²) in [6, 6.07) is 8.31. The number of rotatable bonds is 5. The molecule has 1 aliphatic rings. The highest BCUT2D eigenvalue weighted by atomic mass is 32.2. The molecule has 2 rings (SSSR count). The summed E-state index contributed by atoms with van der Waals surface area (Å²) in [6.07, 6.45) is 3.86. The molecular formula is C15H21NO2S. The minimum atomic E-state index is -0.727. The molecule has 3 nitrogen and oxygen atoms in total. The molecule has 0 saturated carbocycles. The van der Waals surface area contributed by atoms with Crippen molar-refractivity contribution >= 4 is 17.7 Å². The Morgan fingerprint density at radius 2 is 2.16 bits per heavy atom. The van der Waals surface area contributed by atoms with Gasteiger partial charge in [0.25, 0.3) is 0 Å². The zero-order valence-electron chi connectivity index (χ0n) is 11.4. The summed E-state index contributed by atoms with van der Waals surface area (Å²) in [6.45, 7) is 2.99. The molecule has 1 heterocycles. The van der Waals surface area contributed by atoms with E-state index in [4.69, 9.17) is 5.11 Å². The molecule has 2 unspecified atom stereocenters. The van der Waals surface area contributed by atoms with E-state index in [0.29, 0.717) is 11.8 Å². The zero-order valence-corrected chi connectivity index (χ0v) is 12.2. The van der Waals surface area contributed by atoms with Gasteiger partial charge in [0.05, 0.1) is 0 Å². The molecule has 0 amide bonds. The summed E-state index contributed by atoms with van der Waals surface area (Å²) in [5.41, 5.74) is 1.33. The van der Waals surface area contributed by atoms with E-state index < -0.39 is 5.97 Å². The molecule has 1 aromatic rings. The Labute approximate surface area is 118 Å². The van der Waals surface area contributed by atoms with Crippen molar-refractivity contribution in [2.24, 2.45) is 5.92 Å². The number of hydrogen-bond acceptors (Lipinski definition) is 3. The fraction of sp³-hybridized carbons (Fsp3) is 0.533. The van der Waals surface area contributed by atoms with Crippen LogP contribution in [0, 0.1) is 5.92 Å². The van der Waals surface area contributed by atoms with E-state index in [0.717, 1.165) is 19.4 Å². The summed E-state index contributed by atoms with van der Waals surface area (Å²) >= 11 is 1.74. The summed E-state index contributed by atoms with van der Waals surface area (Å²) in [5.74, 6) is 0.147. The van der Waals surface area contributed by atoms with E-state index in [1.165, 1.54) is 10.5 Å². The summed E-state index contributed by atoms with van der Waals surface area (Å²) in [4.78, 5) is 12.3. The van der Waals surface area contributed by atoms with Crippen molar-refractivity contribution in [2.75, 3.05) is 12.8 Å². The quantitative estimate of drug-likeness (QED) is 0.814. The lowest BCUT2D eigenvalue weighted by atomic mass is 9.82. The summed E-state index contributed by atoms with van der Waals surface area (Å²) in [7, 11) is 0. The number of thioether (sulfide) groups is 1. The van der Waals surface area contributed by atoms with Crippen LogP contribution in [-0.2, 0) is 4.79 Å². The Morgan fingerprint density at radius 1 is 1.47 bits per heavy atom. The molecule has 1 aliphatic heterocycles. The van der Waals surface area contributed by atoms with Gasteiger partial charge in [0.1, 0.15) is 6.04 Å². The van der Waals surface area contributed by atoms with Gasteiger partial charge >= 0.3 is 5.97 Å². The first kappa shape index (κ1) is 14.4. The first-order valence-electron chi connectivity index (χ1n) is 6.75. The van der Waals surface area contributed by atoms with Crippen molar-refractivity contribution in [2.45, 2.75) is 36.6 Å². The molecule has 104 valence electrons. The van der Waals surface area contributed by atoms with Crippen molar-refractivity contribution in [1.29, 1.82) is 0 Å². The number of carbonyl (C=O) groups is 1. The maximum atomic E-state index is 11.0. The maximum Gasteiger partial charge on any atom is 0.320 e. The first-order chi connectivity index (χ1) is 9.15. The van der Waals surface area contributed by atoms with E-state index in [2.05, 4.69) is 42.8 Å². The van der Waals surface area contributed by atoms with Crippen LogP contribution < -0.4 is 5.32 Å². The third-order valence-electron chi connectivity index (χ3n) is 4.02. The van der Waals surface area contributed by atoms with Gasteiger partial charge in [-0.3, -0.25) is 4.79 Å². The molecule has 2 N–H and O–H groups in total. The van der Waals surface area contributed by atoms with E-state index in [1.54, 1.807) is 11.8 Å². The Kier molecular flexibility index (Phi) is 4.88. The molecule has 1 aromatic carbocycles. The predicted molar refractivity (Wildman–Crippen MR) is 78.8 cm³/mol. The topological polar surface area (TPSA) is 49.3 Å². The van der Waals surface area contributed by atoms with Crippen LogP contribution in [0.2, 0.25) is 0 Å². The lowest BCUT2D eigenvalue weighted by Crippen LogP contribution is -2.29. The van der Waals surface area contributed by atoms with Crippen LogP contribution in [0.15, 0.2) is 29.2 Å². The standard InChI is InChI=1S/C15H21NO2S/c1-3-13(10-4-6-12(19-2)7-5-10)11-8-14(15(17)18)16-9-11/h4-7,11,13-14,16H,3,8-9H2,1-2H3,(H,17,18)/t11?,13?,14-/m0/s1. The van der Waals surface area contributed by atoms with Crippen LogP contribution in [0.25, 0.3) is 0 Å². The molecule has 0 spiro atoms. The monoisotopic (exact) mass is 279 g/mol. The molecule has 0 radical (unpaired) electrons. The van der Waals surface area contributed by atoms with E-state index in [9.17, 15) is 4.79 Å². The van der Waals surface area contributed by atoms with Gasteiger partial charge in [-0.25, -0.2) is 0 Å². The van der Waals surface area contributed by atoms with Gasteiger partial charge in [-0.1, -0.05) is 19.1 Å². The van der Waals surface area contributed by atoms with Crippen molar-refractivity contribution in [3.05, 3.63) is 29.8 Å². The van der Waals surface area contributed by atoms with Crippen LogP contribution in [0.4, 0.5) is 0 Å². The lowest BCUT2D eigenvalue weighted by Gasteiger charge is -2.22. The number of hydrogen-bond donors (Lipinski definition) is 2. The lowest BCUT2D eigenvalue weighted by molar-refractivity contribution is -0.139. The molecule has 1 saturated heterocycles. The fourth-order valence-electron chi connectivity index (χ4n) is 2.95. The average molecular weight is 279 g/mol. The zero-order chi connectivity index (χ0) is 13.8. The minimum absolute atomic E-state index is 0.371. The molecule has 0 bridgehead atoms. The second kappa shape index (κ2) is 6.44. The van der Waals surface area contributed by atoms with Crippen molar-refractivity contribution in [3.8, 4) is 0 Å². The second-order valence-corrected chi connectivity index (χ2v) is 5.96. The summed E-state index contributed by atoms with van der Waals surface area (Å²) < 4.78 is 0. The van der Waals surface area contributed by atoms with E-state index in [1.807, 2.05) is 0 Å². The van der Waals surface area contributed by atoms with Crippen LogP contribution in [0.5, 0.6) is 0 Å². The van der Waals surface area contributed by atoms with Gasteiger partial charge in [-0.2, -0.15) is 0 Å². The number of carboxylic acid groups (broad SMARTS) is 1. The van der Waals surface area contributed by atoms with Crippen molar-refractivity contribution < 1.29 is 9.90 Å². The van der Waals surface area contributed by atoms with Gasteiger partial charge in [0, 0.05) is 4.90 Å². The second-order valence-electron chi connectivity index (χ2n) is 5.08. The molecule has 19 heavy (non-hydrogen) atoms. The summed E-state index contributed by atoms with van der Waals surface area (Å²) in [5, 5.41) is 12.2. The third-order valence-corrected chi connectivity index (χ3v) is 4.76. The Balaban J connectivity index is 2.09. The van der Waals surface area contributed by atoms with Crippen molar-refractivity contribution in [3.63, 3.8) is 0 Å². The Hall–Kier alpha value is -1.00. The maximum absolute atomic E-state index is 11.0. The molecule has 0 aromatic heterocycles. The molecule has 1 fully saturated rings. The van der Waals surface area contributed by atoms with Gasteiger partial charge in [0.15, 0.2) is 0 Å². The van der Waals surface area contributed by atoms with Crippen molar-refractivity contribution in [1.82, 2.24) is 5.32 Å². The van der Waals surface area contributed by atoms with Crippen LogP contribution in [-0.4, -0.2) is 29.9 Å². The number of aliphatic carboxylic acids is 1. The average Bonchev–Trinajstić information content (AvgIpc) is 2.90. The van der Waals surface area contributed by atoms with Crippen LogP contribution >= 0.6 is 11.8 Å². The van der Waals surface area contributed by atoms with Gasteiger partial charge in [0.2, 0.25) is 0 Å². The third kappa shape index (κ3) is 3.31. The highest BCUT2D eigenvalue weighted by Gasteiger charge is 2.33. The highest BCUT2D eigenvalue weighted by molar-refractivity contribution is 7.98. The Bertz CT molecular complexity index is 432. The Morgan fingerprint density at radius 3 is 2.63 bits per heavy atom. The molecular weight excluding hydrogens is 258 g/mol. The number of carboxylic acids is 1. The predicted octanol–water partition coefficient (Wildman–Crippen LogP) is 2.96. The molecule has 4 heteroatoms.